The largest absolute Gasteiger partial charge is 0.367 e. The van der Waals surface area contributed by atoms with Gasteiger partial charge in [-0.2, -0.15) is 0 Å². The van der Waals surface area contributed by atoms with E-state index in [4.69, 9.17) is 10.3 Å². The fraction of sp³-hybridized carbons (Fsp3) is 0.308. The molecular formula is C13H15N3O. The summed E-state index contributed by atoms with van der Waals surface area (Å²) in [7, 11) is 0. The monoisotopic (exact) mass is 229 g/mol. The number of anilines is 1. The number of hydrogen-bond donors (Lipinski definition) is 1. The van der Waals surface area contributed by atoms with Crippen molar-refractivity contribution in [2.45, 2.75) is 19.5 Å². The summed E-state index contributed by atoms with van der Waals surface area (Å²) in [5, 5.41) is 3.97. The van der Waals surface area contributed by atoms with E-state index in [-0.39, 0.29) is 0 Å². The highest BCUT2D eigenvalue weighted by Gasteiger charge is 2.22. The second-order valence-electron chi connectivity index (χ2n) is 4.42. The zero-order valence-corrected chi connectivity index (χ0v) is 9.60. The van der Waals surface area contributed by atoms with Gasteiger partial charge in [0, 0.05) is 26.1 Å². The Morgan fingerprint density at radius 3 is 2.94 bits per heavy atom. The third kappa shape index (κ3) is 2.03. The highest BCUT2D eigenvalue weighted by atomic mass is 16.5. The van der Waals surface area contributed by atoms with Gasteiger partial charge >= 0.3 is 0 Å². The fourth-order valence-electron chi connectivity index (χ4n) is 2.27. The summed E-state index contributed by atoms with van der Waals surface area (Å²) in [5.41, 5.74) is 9.17. The third-order valence-corrected chi connectivity index (χ3v) is 3.20. The van der Waals surface area contributed by atoms with Gasteiger partial charge < -0.3 is 10.3 Å². The van der Waals surface area contributed by atoms with E-state index in [1.165, 1.54) is 5.56 Å². The Hall–Kier alpha value is -1.81. The number of nitrogen functional groups attached to an aromatic ring is 1. The predicted octanol–water partition coefficient (Wildman–Crippen LogP) is 1.82. The predicted molar refractivity (Wildman–Crippen MR) is 65.2 cm³/mol. The fourth-order valence-corrected chi connectivity index (χ4v) is 2.27. The second kappa shape index (κ2) is 4.22. The summed E-state index contributed by atoms with van der Waals surface area (Å²) < 4.78 is 5.02. The van der Waals surface area contributed by atoms with E-state index in [2.05, 4.69) is 34.3 Å². The van der Waals surface area contributed by atoms with Crippen LogP contribution in [0.2, 0.25) is 0 Å². The molecule has 3 rings (SSSR count). The molecule has 4 nitrogen and oxygen atoms in total. The van der Waals surface area contributed by atoms with Gasteiger partial charge in [-0.1, -0.05) is 35.5 Å². The van der Waals surface area contributed by atoms with Crippen LogP contribution in [0.3, 0.4) is 0 Å². The van der Waals surface area contributed by atoms with Gasteiger partial charge in [-0.15, -0.1) is 0 Å². The van der Waals surface area contributed by atoms with Crippen molar-refractivity contribution in [2.24, 2.45) is 0 Å². The molecule has 0 saturated heterocycles. The summed E-state index contributed by atoms with van der Waals surface area (Å²) in [6.45, 7) is 2.79. The van der Waals surface area contributed by atoms with Crippen molar-refractivity contribution in [3.63, 3.8) is 0 Å². The average Bonchev–Trinajstić information content (AvgIpc) is 2.73. The highest BCUT2D eigenvalue weighted by Crippen LogP contribution is 2.24. The molecule has 2 N–H and O–H groups in total. The molecule has 0 unspecified atom stereocenters. The van der Waals surface area contributed by atoms with Crippen LogP contribution in [0.25, 0.3) is 0 Å². The zero-order chi connectivity index (χ0) is 11.7. The maximum Gasteiger partial charge on any atom is 0.226 e. The maximum absolute atomic E-state index is 5.76. The lowest BCUT2D eigenvalue weighted by Crippen LogP contribution is -2.30. The lowest BCUT2D eigenvalue weighted by molar-refractivity contribution is 0.245. The molecule has 4 heteroatoms. The SMILES string of the molecule is Nc1onc2c1CN(Cc1ccccc1)CC2. The molecule has 0 bridgehead atoms. The van der Waals surface area contributed by atoms with Crippen LogP contribution in [0.5, 0.6) is 0 Å². The Kier molecular flexibility index (Phi) is 2.57. The van der Waals surface area contributed by atoms with Crippen molar-refractivity contribution in [3.8, 4) is 0 Å². The van der Waals surface area contributed by atoms with Crippen LogP contribution in [-0.2, 0) is 19.5 Å². The number of rotatable bonds is 2. The van der Waals surface area contributed by atoms with E-state index in [0.717, 1.165) is 37.3 Å². The van der Waals surface area contributed by atoms with Crippen molar-refractivity contribution < 1.29 is 4.52 Å². The van der Waals surface area contributed by atoms with Crippen molar-refractivity contribution in [1.29, 1.82) is 0 Å². The summed E-state index contributed by atoms with van der Waals surface area (Å²) in [4.78, 5) is 2.37. The Bertz CT molecular complexity index is 507. The molecule has 0 radical (unpaired) electrons. The number of benzene rings is 1. The molecule has 88 valence electrons. The van der Waals surface area contributed by atoms with Gasteiger partial charge in [-0.25, -0.2) is 0 Å². The van der Waals surface area contributed by atoms with Gasteiger partial charge in [0.25, 0.3) is 0 Å². The standard InChI is InChI=1S/C13H15N3O/c14-13-11-9-16(7-6-12(11)15-17-13)8-10-4-2-1-3-5-10/h1-5H,6-9,14H2. The average molecular weight is 229 g/mol. The van der Waals surface area contributed by atoms with Crippen LogP contribution in [-0.4, -0.2) is 16.6 Å². The number of nitrogens with zero attached hydrogens (tertiary/aromatic N) is 2. The van der Waals surface area contributed by atoms with Gasteiger partial charge in [-0.05, 0) is 5.56 Å². The van der Waals surface area contributed by atoms with Gasteiger partial charge in [0.15, 0.2) is 0 Å². The van der Waals surface area contributed by atoms with Crippen LogP contribution in [0.4, 0.5) is 5.88 Å². The number of fused-ring (bicyclic) bond motifs is 1. The Balaban J connectivity index is 1.74. The molecular weight excluding hydrogens is 214 g/mol. The molecule has 1 aliphatic heterocycles. The van der Waals surface area contributed by atoms with Gasteiger partial charge in [0.2, 0.25) is 5.88 Å². The summed E-state index contributed by atoms with van der Waals surface area (Å²) >= 11 is 0. The number of nitrogens with two attached hydrogens (primary N) is 1. The first-order chi connectivity index (χ1) is 8.33. The van der Waals surface area contributed by atoms with E-state index in [9.17, 15) is 0 Å². The normalized spacial score (nSPS) is 15.8. The Morgan fingerprint density at radius 2 is 2.12 bits per heavy atom. The topological polar surface area (TPSA) is 55.3 Å². The summed E-state index contributed by atoms with van der Waals surface area (Å²) in [5.74, 6) is 0.470. The van der Waals surface area contributed by atoms with E-state index >= 15 is 0 Å². The molecule has 2 heterocycles. The van der Waals surface area contributed by atoms with Crippen molar-refractivity contribution >= 4 is 5.88 Å². The molecule has 0 spiro atoms. The van der Waals surface area contributed by atoms with E-state index in [1.807, 2.05) is 6.07 Å². The first-order valence-electron chi connectivity index (χ1n) is 5.82. The molecule has 0 atom stereocenters. The van der Waals surface area contributed by atoms with Crippen LogP contribution in [0, 0.1) is 0 Å². The minimum Gasteiger partial charge on any atom is -0.367 e. The Morgan fingerprint density at radius 1 is 1.29 bits per heavy atom. The number of aromatic nitrogens is 1. The minimum atomic E-state index is 0.470. The quantitative estimate of drug-likeness (QED) is 0.853. The van der Waals surface area contributed by atoms with E-state index < -0.39 is 0 Å². The first-order valence-corrected chi connectivity index (χ1v) is 5.82. The van der Waals surface area contributed by atoms with Crippen LogP contribution in [0.1, 0.15) is 16.8 Å². The molecule has 0 amide bonds. The van der Waals surface area contributed by atoms with Gasteiger partial charge in [-0.3, -0.25) is 4.90 Å². The van der Waals surface area contributed by atoms with Crippen LogP contribution < -0.4 is 5.73 Å². The van der Waals surface area contributed by atoms with Crippen molar-refractivity contribution in [1.82, 2.24) is 10.1 Å². The smallest absolute Gasteiger partial charge is 0.226 e. The minimum absolute atomic E-state index is 0.470. The summed E-state index contributed by atoms with van der Waals surface area (Å²) in [6, 6.07) is 10.5. The highest BCUT2D eigenvalue weighted by molar-refractivity contribution is 5.40. The van der Waals surface area contributed by atoms with E-state index in [0.29, 0.717) is 5.88 Å². The third-order valence-electron chi connectivity index (χ3n) is 3.20. The van der Waals surface area contributed by atoms with Crippen molar-refractivity contribution in [2.75, 3.05) is 12.3 Å². The lowest BCUT2D eigenvalue weighted by atomic mass is 10.1. The van der Waals surface area contributed by atoms with Crippen LogP contribution >= 0.6 is 0 Å². The summed E-state index contributed by atoms with van der Waals surface area (Å²) in [6.07, 6.45) is 0.920. The number of hydrogen-bond acceptors (Lipinski definition) is 4. The maximum atomic E-state index is 5.76. The van der Waals surface area contributed by atoms with Crippen LogP contribution in [0.15, 0.2) is 34.9 Å². The molecule has 17 heavy (non-hydrogen) atoms. The molecule has 0 saturated carbocycles. The first kappa shape index (κ1) is 10.4. The second-order valence-corrected chi connectivity index (χ2v) is 4.42. The molecule has 0 aliphatic carbocycles. The van der Waals surface area contributed by atoms with Gasteiger partial charge in [0.1, 0.15) is 0 Å². The molecule has 0 fully saturated rings. The zero-order valence-electron chi connectivity index (χ0n) is 9.60. The molecule has 1 aromatic heterocycles. The molecule has 1 aromatic carbocycles. The molecule has 1 aliphatic rings. The van der Waals surface area contributed by atoms with E-state index in [1.54, 1.807) is 0 Å². The van der Waals surface area contributed by atoms with Crippen molar-refractivity contribution in [3.05, 3.63) is 47.2 Å². The van der Waals surface area contributed by atoms with Gasteiger partial charge in [0.05, 0.1) is 11.3 Å². The lowest BCUT2D eigenvalue weighted by Gasteiger charge is -2.25. The molecule has 2 aromatic rings. The Labute approximate surface area is 100 Å².